The molecule has 1 unspecified atom stereocenters. The van der Waals surface area contributed by atoms with Gasteiger partial charge in [0.2, 0.25) is 16.2 Å². The molecule has 0 fully saturated rings. The lowest BCUT2D eigenvalue weighted by atomic mass is 10.4. The van der Waals surface area contributed by atoms with E-state index in [1.807, 2.05) is 0 Å². The van der Waals surface area contributed by atoms with E-state index in [0.29, 0.717) is 5.56 Å². The molecular formula is C5H6O3S. The molecule has 1 aromatic rings. The summed E-state index contributed by atoms with van der Waals surface area (Å²) in [6.45, 7) is 1.72. The molecule has 4 heteroatoms. The van der Waals surface area contributed by atoms with Gasteiger partial charge in [-0.1, -0.05) is 0 Å². The highest BCUT2D eigenvalue weighted by atomic mass is 32.2. The summed E-state index contributed by atoms with van der Waals surface area (Å²) in [5.41, 5.74) is 0.704. The lowest BCUT2D eigenvalue weighted by molar-refractivity contribution is 0.438. The molecule has 50 valence electrons. The molecule has 0 bridgehead atoms. The monoisotopic (exact) mass is 146 g/mol. The molecule has 0 amide bonds. The van der Waals surface area contributed by atoms with Gasteiger partial charge in [0.25, 0.3) is 0 Å². The largest absolute Gasteiger partial charge is 0.453 e. The fourth-order valence-corrected chi connectivity index (χ4v) is 1.02. The molecule has 1 rings (SSSR count). The van der Waals surface area contributed by atoms with Gasteiger partial charge in [-0.15, -0.1) is 0 Å². The lowest BCUT2D eigenvalue weighted by Crippen LogP contribution is -1.86. The Kier molecular flexibility index (Phi) is 1.68. The van der Waals surface area contributed by atoms with E-state index in [1.54, 1.807) is 13.0 Å². The van der Waals surface area contributed by atoms with Gasteiger partial charge in [0.05, 0.1) is 6.26 Å². The highest BCUT2D eigenvalue weighted by molar-refractivity contribution is 7.79. The Bertz CT molecular complexity index is 228. The zero-order valence-corrected chi connectivity index (χ0v) is 5.64. The molecule has 0 radical (unpaired) electrons. The summed E-state index contributed by atoms with van der Waals surface area (Å²) in [5, 5.41) is 0.134. The molecule has 0 spiro atoms. The summed E-state index contributed by atoms with van der Waals surface area (Å²) in [6, 6.07) is 1.64. The van der Waals surface area contributed by atoms with Crippen molar-refractivity contribution in [3.8, 4) is 0 Å². The Labute approximate surface area is 55.0 Å². The minimum Gasteiger partial charge on any atom is -0.453 e. The number of aryl methyl sites for hydroxylation is 1. The van der Waals surface area contributed by atoms with E-state index in [-0.39, 0.29) is 5.09 Å². The van der Waals surface area contributed by atoms with Crippen LogP contribution >= 0.6 is 0 Å². The van der Waals surface area contributed by atoms with Crippen molar-refractivity contribution < 1.29 is 13.2 Å². The highest BCUT2D eigenvalue weighted by Crippen LogP contribution is 2.11. The minimum absolute atomic E-state index is 0.134. The first-order chi connectivity index (χ1) is 4.22. The summed E-state index contributed by atoms with van der Waals surface area (Å²) in [4.78, 5) is 0. The molecule has 0 aromatic carbocycles. The Morgan fingerprint density at radius 1 is 1.78 bits per heavy atom. The van der Waals surface area contributed by atoms with Crippen LogP contribution < -0.4 is 0 Å². The second kappa shape index (κ2) is 2.33. The van der Waals surface area contributed by atoms with E-state index < -0.39 is 11.1 Å². The molecule has 0 saturated carbocycles. The Morgan fingerprint density at radius 3 is 2.67 bits per heavy atom. The van der Waals surface area contributed by atoms with E-state index >= 15 is 0 Å². The fourth-order valence-electron chi connectivity index (χ4n) is 0.538. The average molecular weight is 146 g/mol. The molecule has 0 aliphatic carbocycles. The zero-order valence-electron chi connectivity index (χ0n) is 4.83. The standard InChI is InChI=1S/C5H6O3S/c1-4-2-3-8-5(4)9(6)7/h2-3H,1H3,(H,6,7). The molecule has 1 heterocycles. The van der Waals surface area contributed by atoms with Crippen LogP contribution in [0.2, 0.25) is 0 Å². The quantitative estimate of drug-likeness (QED) is 0.605. The van der Waals surface area contributed by atoms with Crippen LogP contribution in [0.5, 0.6) is 0 Å². The van der Waals surface area contributed by atoms with Crippen molar-refractivity contribution in [1.29, 1.82) is 0 Å². The summed E-state index contributed by atoms with van der Waals surface area (Å²) in [7, 11) is 0. The third-order valence-electron chi connectivity index (χ3n) is 0.974. The molecule has 0 aliphatic heterocycles. The smallest absolute Gasteiger partial charge is 0.223 e. The SMILES string of the molecule is Cc1ccoc1S(=O)O. The van der Waals surface area contributed by atoms with Crippen LogP contribution in [-0.4, -0.2) is 8.76 Å². The van der Waals surface area contributed by atoms with Crippen LogP contribution in [0.15, 0.2) is 21.8 Å². The van der Waals surface area contributed by atoms with E-state index in [1.165, 1.54) is 6.26 Å². The zero-order chi connectivity index (χ0) is 6.85. The predicted molar refractivity (Wildman–Crippen MR) is 32.5 cm³/mol. The molecule has 0 aliphatic rings. The van der Waals surface area contributed by atoms with Crippen LogP contribution in [0.1, 0.15) is 5.56 Å². The van der Waals surface area contributed by atoms with Crippen LogP contribution in [0.3, 0.4) is 0 Å². The molecule has 1 atom stereocenters. The minimum atomic E-state index is -1.98. The molecule has 3 nitrogen and oxygen atoms in total. The Hall–Kier alpha value is -0.610. The van der Waals surface area contributed by atoms with Gasteiger partial charge >= 0.3 is 0 Å². The van der Waals surface area contributed by atoms with Crippen molar-refractivity contribution >= 4 is 11.1 Å². The summed E-state index contributed by atoms with van der Waals surface area (Å²) in [6.07, 6.45) is 1.39. The topological polar surface area (TPSA) is 50.4 Å². The van der Waals surface area contributed by atoms with Gasteiger partial charge in [-0.3, -0.25) is 4.55 Å². The maximum absolute atomic E-state index is 10.3. The maximum atomic E-state index is 10.3. The highest BCUT2D eigenvalue weighted by Gasteiger charge is 2.05. The van der Waals surface area contributed by atoms with Crippen molar-refractivity contribution in [3.63, 3.8) is 0 Å². The number of rotatable bonds is 1. The summed E-state index contributed by atoms with van der Waals surface area (Å²) < 4.78 is 23.4. The third-order valence-corrected chi connectivity index (χ3v) is 1.71. The Morgan fingerprint density at radius 2 is 2.44 bits per heavy atom. The summed E-state index contributed by atoms with van der Waals surface area (Å²) >= 11 is -1.98. The van der Waals surface area contributed by atoms with Gasteiger partial charge in [-0.2, -0.15) is 0 Å². The predicted octanol–water partition coefficient (Wildman–Crippen LogP) is 1.17. The average Bonchev–Trinajstić information content (AvgIpc) is 2.13. The first kappa shape index (κ1) is 6.51. The fraction of sp³-hybridized carbons (Fsp3) is 0.200. The van der Waals surface area contributed by atoms with Gasteiger partial charge in [-0.05, 0) is 13.0 Å². The van der Waals surface area contributed by atoms with Crippen molar-refractivity contribution in [1.82, 2.24) is 0 Å². The number of furan rings is 1. The molecule has 0 saturated heterocycles. The summed E-state index contributed by atoms with van der Waals surface area (Å²) in [5.74, 6) is 0. The maximum Gasteiger partial charge on any atom is 0.223 e. The van der Waals surface area contributed by atoms with Gasteiger partial charge in [0, 0.05) is 5.56 Å². The molecular weight excluding hydrogens is 140 g/mol. The van der Waals surface area contributed by atoms with E-state index in [0.717, 1.165) is 0 Å². The third kappa shape index (κ3) is 1.20. The Balaban J connectivity index is 3.08. The second-order valence-corrected chi connectivity index (χ2v) is 2.51. The molecule has 9 heavy (non-hydrogen) atoms. The molecule has 1 N–H and O–H groups in total. The van der Waals surface area contributed by atoms with Crippen molar-refractivity contribution in [2.24, 2.45) is 0 Å². The van der Waals surface area contributed by atoms with E-state index in [2.05, 4.69) is 4.42 Å². The molecule has 1 aromatic heterocycles. The van der Waals surface area contributed by atoms with Crippen molar-refractivity contribution in [3.05, 3.63) is 17.9 Å². The van der Waals surface area contributed by atoms with Gasteiger partial charge in [0.1, 0.15) is 0 Å². The van der Waals surface area contributed by atoms with Crippen molar-refractivity contribution in [2.75, 3.05) is 0 Å². The lowest BCUT2D eigenvalue weighted by Gasteiger charge is -1.86. The number of hydrogen-bond acceptors (Lipinski definition) is 2. The number of hydrogen-bond donors (Lipinski definition) is 1. The van der Waals surface area contributed by atoms with Gasteiger partial charge < -0.3 is 4.42 Å². The van der Waals surface area contributed by atoms with Gasteiger partial charge in [0.15, 0.2) is 0 Å². The van der Waals surface area contributed by atoms with Crippen LogP contribution in [-0.2, 0) is 11.1 Å². The van der Waals surface area contributed by atoms with Crippen LogP contribution in [0, 0.1) is 6.92 Å². The van der Waals surface area contributed by atoms with E-state index in [4.69, 9.17) is 4.55 Å². The van der Waals surface area contributed by atoms with Gasteiger partial charge in [-0.25, -0.2) is 4.21 Å². The normalized spacial score (nSPS) is 13.6. The first-order valence-electron chi connectivity index (χ1n) is 2.37. The first-order valence-corrected chi connectivity index (χ1v) is 3.47. The van der Waals surface area contributed by atoms with E-state index in [9.17, 15) is 4.21 Å². The van der Waals surface area contributed by atoms with Crippen molar-refractivity contribution in [2.45, 2.75) is 12.0 Å². The second-order valence-electron chi connectivity index (χ2n) is 1.64. The van der Waals surface area contributed by atoms with Crippen LogP contribution in [0.25, 0.3) is 0 Å². The van der Waals surface area contributed by atoms with Crippen LogP contribution in [0.4, 0.5) is 0 Å².